The van der Waals surface area contributed by atoms with Gasteiger partial charge in [0, 0.05) is 29.4 Å². The monoisotopic (exact) mass is 630 g/mol. The number of aromatic amines is 1. The zero-order chi connectivity index (χ0) is 33.0. The summed E-state index contributed by atoms with van der Waals surface area (Å²) in [5.74, 6) is -1.72. The number of para-hydroxylation sites is 1. The minimum atomic E-state index is -1.69. The Morgan fingerprint density at radius 3 is 2.19 bits per heavy atom. The van der Waals surface area contributed by atoms with Crippen molar-refractivity contribution in [3.05, 3.63) is 125 Å². The van der Waals surface area contributed by atoms with E-state index in [1.54, 1.807) is 53.6 Å². The van der Waals surface area contributed by atoms with E-state index in [9.17, 15) is 30.0 Å². The molecule has 0 saturated heterocycles. The number of Topliss-reactive ketones (excluding diaryl/α,β-unsaturated/α-hetero) is 1. The molecule has 7 rings (SSSR count). The van der Waals surface area contributed by atoms with E-state index < -0.39 is 36.1 Å². The molecule has 4 aromatic carbocycles. The molecule has 2 aliphatic heterocycles. The number of aromatic nitrogens is 1. The SMILES string of the molecule is CC(C)CC12OC(=O)c3cc(C(c4c[nH]c5ccccc45)C(O)CO)ccc3N1C(c1ccc(O)cc1)=C(c1ccc(O)cc1)C2=O. The van der Waals surface area contributed by atoms with Crippen molar-refractivity contribution in [1.82, 2.24) is 4.98 Å². The van der Waals surface area contributed by atoms with Gasteiger partial charge in [0.1, 0.15) is 11.5 Å². The van der Waals surface area contributed by atoms with Gasteiger partial charge in [0.25, 0.3) is 5.72 Å². The number of nitrogens with zero attached hydrogens (tertiary/aromatic N) is 1. The van der Waals surface area contributed by atoms with E-state index in [0.717, 1.165) is 16.5 Å². The lowest BCUT2D eigenvalue weighted by atomic mass is 9.84. The summed E-state index contributed by atoms with van der Waals surface area (Å²) in [5.41, 5.74) is 3.13. The van der Waals surface area contributed by atoms with Crippen molar-refractivity contribution in [2.75, 3.05) is 11.5 Å². The van der Waals surface area contributed by atoms with Gasteiger partial charge < -0.3 is 30.1 Å². The molecule has 5 N–H and O–H groups in total. The quantitative estimate of drug-likeness (QED) is 0.133. The molecule has 0 fully saturated rings. The normalized spacial score (nSPS) is 18.8. The summed E-state index contributed by atoms with van der Waals surface area (Å²) in [5, 5.41) is 42.2. The average Bonchev–Trinajstić information content (AvgIpc) is 3.58. The number of fused-ring (bicyclic) bond motifs is 4. The zero-order valence-corrected chi connectivity index (χ0v) is 25.8. The van der Waals surface area contributed by atoms with Gasteiger partial charge in [-0.25, -0.2) is 4.79 Å². The molecule has 5 aromatic rings. The number of carbonyl (C=O) groups is 2. The van der Waals surface area contributed by atoms with Crippen molar-refractivity contribution in [2.45, 2.75) is 38.0 Å². The maximum absolute atomic E-state index is 14.7. The van der Waals surface area contributed by atoms with Crippen molar-refractivity contribution < 1.29 is 34.8 Å². The molecule has 9 heteroatoms. The summed E-state index contributed by atoms with van der Waals surface area (Å²) in [4.78, 5) is 33.8. The number of rotatable bonds is 8. The van der Waals surface area contributed by atoms with Crippen molar-refractivity contribution in [3.63, 3.8) is 0 Å². The van der Waals surface area contributed by atoms with Crippen LogP contribution in [0.4, 0.5) is 5.69 Å². The first-order valence-electron chi connectivity index (χ1n) is 15.5. The van der Waals surface area contributed by atoms with E-state index in [0.29, 0.717) is 33.6 Å². The largest absolute Gasteiger partial charge is 0.508 e. The van der Waals surface area contributed by atoms with Crippen LogP contribution < -0.4 is 4.90 Å². The molecular weight excluding hydrogens is 596 g/mol. The highest BCUT2D eigenvalue weighted by Crippen LogP contribution is 2.53. The molecule has 3 unspecified atom stereocenters. The third-order valence-corrected chi connectivity index (χ3v) is 9.02. The highest BCUT2D eigenvalue weighted by Gasteiger charge is 2.60. The lowest BCUT2D eigenvalue weighted by molar-refractivity contribution is -0.132. The summed E-state index contributed by atoms with van der Waals surface area (Å²) < 4.78 is 6.26. The number of anilines is 1. The first-order chi connectivity index (χ1) is 22.6. The van der Waals surface area contributed by atoms with Crippen molar-refractivity contribution in [3.8, 4) is 11.5 Å². The number of carbonyl (C=O) groups excluding carboxylic acids is 2. The Morgan fingerprint density at radius 1 is 0.872 bits per heavy atom. The Bertz CT molecular complexity index is 2050. The first kappa shape index (κ1) is 30.3. The van der Waals surface area contributed by atoms with Crippen LogP contribution in [0.5, 0.6) is 11.5 Å². The number of H-pyrrole nitrogens is 1. The molecule has 0 spiro atoms. The molecular formula is C38H34N2O7. The number of aliphatic hydroxyl groups is 2. The van der Waals surface area contributed by atoms with Crippen molar-refractivity contribution in [1.29, 1.82) is 0 Å². The van der Waals surface area contributed by atoms with Crippen LogP contribution in [-0.4, -0.2) is 55.6 Å². The molecule has 0 aliphatic carbocycles. The van der Waals surface area contributed by atoms with E-state index in [1.165, 1.54) is 24.3 Å². The lowest BCUT2D eigenvalue weighted by Gasteiger charge is -2.44. The fraction of sp³-hybridized carbons (Fsp3) is 0.211. The molecule has 0 saturated carbocycles. The zero-order valence-electron chi connectivity index (χ0n) is 25.8. The number of benzene rings is 4. The van der Waals surface area contributed by atoms with Crippen LogP contribution in [0.2, 0.25) is 0 Å². The molecule has 0 radical (unpaired) electrons. The Balaban J connectivity index is 1.46. The Morgan fingerprint density at radius 2 is 1.53 bits per heavy atom. The average molecular weight is 631 g/mol. The number of esters is 1. The third-order valence-electron chi connectivity index (χ3n) is 9.02. The molecule has 238 valence electrons. The van der Waals surface area contributed by atoms with Crippen LogP contribution in [0, 0.1) is 5.92 Å². The van der Waals surface area contributed by atoms with E-state index in [4.69, 9.17) is 4.74 Å². The van der Waals surface area contributed by atoms with Crippen LogP contribution in [-0.2, 0) is 9.53 Å². The van der Waals surface area contributed by atoms with E-state index in [-0.39, 0.29) is 29.4 Å². The molecule has 0 bridgehead atoms. The number of aliphatic hydroxyl groups excluding tert-OH is 2. The Hall–Kier alpha value is -5.38. The van der Waals surface area contributed by atoms with Gasteiger partial charge >= 0.3 is 5.97 Å². The minimum Gasteiger partial charge on any atom is -0.508 e. The van der Waals surface area contributed by atoms with Gasteiger partial charge in [0.15, 0.2) is 0 Å². The van der Waals surface area contributed by atoms with Gasteiger partial charge in [-0.3, -0.25) is 9.69 Å². The summed E-state index contributed by atoms with van der Waals surface area (Å²) in [6, 6.07) is 25.7. The second-order valence-electron chi connectivity index (χ2n) is 12.5. The molecule has 9 nitrogen and oxygen atoms in total. The highest BCUT2D eigenvalue weighted by atomic mass is 16.6. The van der Waals surface area contributed by atoms with Gasteiger partial charge in [-0.05, 0) is 82.8 Å². The van der Waals surface area contributed by atoms with Crippen LogP contribution in [0.25, 0.3) is 22.2 Å². The Kier molecular flexibility index (Phi) is 7.38. The van der Waals surface area contributed by atoms with Gasteiger partial charge in [-0.2, -0.15) is 0 Å². The number of hydrogen-bond acceptors (Lipinski definition) is 8. The van der Waals surface area contributed by atoms with Gasteiger partial charge in [-0.1, -0.05) is 50.2 Å². The summed E-state index contributed by atoms with van der Waals surface area (Å²) in [6.07, 6.45) is 0.825. The maximum atomic E-state index is 14.7. The smallest absolute Gasteiger partial charge is 0.342 e. The topological polar surface area (TPSA) is 143 Å². The summed E-state index contributed by atoms with van der Waals surface area (Å²) in [7, 11) is 0. The van der Waals surface area contributed by atoms with Gasteiger partial charge in [0.2, 0.25) is 5.78 Å². The number of hydrogen-bond donors (Lipinski definition) is 5. The van der Waals surface area contributed by atoms with Gasteiger partial charge in [-0.15, -0.1) is 0 Å². The van der Waals surface area contributed by atoms with Crippen molar-refractivity contribution in [2.24, 2.45) is 5.92 Å². The fourth-order valence-corrected chi connectivity index (χ4v) is 7.05. The third kappa shape index (κ3) is 4.86. The molecule has 1 aromatic heterocycles. The van der Waals surface area contributed by atoms with E-state index in [1.807, 2.05) is 38.1 Å². The number of phenols is 2. The molecule has 47 heavy (non-hydrogen) atoms. The number of ketones is 1. The van der Waals surface area contributed by atoms with Crippen LogP contribution >= 0.6 is 0 Å². The maximum Gasteiger partial charge on any atom is 0.342 e. The molecule has 3 heterocycles. The molecule has 3 atom stereocenters. The highest BCUT2D eigenvalue weighted by molar-refractivity contribution is 6.38. The van der Waals surface area contributed by atoms with Crippen LogP contribution in [0.3, 0.4) is 0 Å². The molecule has 2 aliphatic rings. The first-order valence-corrected chi connectivity index (χ1v) is 15.5. The second-order valence-corrected chi connectivity index (χ2v) is 12.5. The summed E-state index contributed by atoms with van der Waals surface area (Å²) in [6.45, 7) is 3.40. The molecule has 0 amide bonds. The van der Waals surface area contributed by atoms with Gasteiger partial charge in [0.05, 0.1) is 35.2 Å². The fourth-order valence-electron chi connectivity index (χ4n) is 7.05. The Labute approximate surface area is 271 Å². The van der Waals surface area contributed by atoms with E-state index in [2.05, 4.69) is 4.98 Å². The van der Waals surface area contributed by atoms with Crippen LogP contribution in [0.15, 0.2) is 97.2 Å². The predicted molar refractivity (Wildman–Crippen MR) is 178 cm³/mol. The number of ether oxygens (including phenoxy) is 1. The van der Waals surface area contributed by atoms with Crippen molar-refractivity contribution >= 4 is 39.6 Å². The van der Waals surface area contributed by atoms with Crippen LogP contribution in [0.1, 0.15) is 58.8 Å². The van der Waals surface area contributed by atoms with E-state index >= 15 is 0 Å². The summed E-state index contributed by atoms with van der Waals surface area (Å²) >= 11 is 0. The number of aromatic hydroxyl groups is 2. The predicted octanol–water partition coefficient (Wildman–Crippen LogP) is 5.93. The number of phenolic OH excluding ortho intramolecular Hbond substituents is 2. The number of nitrogens with one attached hydrogen (secondary N) is 1. The second kappa shape index (κ2) is 11.5. The standard InChI is InChI=1S/C38H34N2O7/c1-21(2)18-38-36(45)34(22-7-12-25(42)13-8-22)35(23-9-14-26(43)15-10-23)40(38)31-16-11-24(17-28(31)37(46)47-38)33(32(44)20-41)29-19-39-30-6-4-3-5-27(29)30/h3-17,19,21,32-33,39,41-44H,18,20H2,1-2H3. The minimum absolute atomic E-state index is 0.0414. The lowest BCUT2D eigenvalue weighted by Crippen LogP contribution is -2.56.